The molecule has 0 saturated carbocycles. The predicted octanol–water partition coefficient (Wildman–Crippen LogP) is 1.80. The fraction of sp³-hybridized carbons (Fsp3) is 0.812. The zero-order valence-electron chi connectivity index (χ0n) is 13.2. The normalized spacial score (nSPS) is 25.3. The number of aryl methyl sites for hydroxylation is 2. The Hall–Kier alpha value is -0.910. The van der Waals surface area contributed by atoms with E-state index in [1.54, 1.807) is 0 Å². The molecule has 3 rings (SSSR count). The highest BCUT2D eigenvalue weighted by Gasteiger charge is 2.38. The van der Waals surface area contributed by atoms with Gasteiger partial charge in [0.25, 0.3) is 0 Å². The fourth-order valence-corrected chi connectivity index (χ4v) is 3.58. The Morgan fingerprint density at radius 3 is 2.95 bits per heavy atom. The summed E-state index contributed by atoms with van der Waals surface area (Å²) in [6.07, 6.45) is 7.42. The van der Waals surface area contributed by atoms with Gasteiger partial charge < -0.3 is 14.8 Å². The molecule has 5 heteroatoms. The van der Waals surface area contributed by atoms with E-state index in [0.717, 1.165) is 58.5 Å². The van der Waals surface area contributed by atoms with Crippen LogP contribution in [0.4, 0.5) is 0 Å². The number of rotatable bonds is 4. The molecule has 1 atom stereocenters. The molecule has 1 unspecified atom stereocenters. The maximum atomic E-state index is 6.10. The first-order valence-electron chi connectivity index (χ1n) is 8.17. The van der Waals surface area contributed by atoms with Crippen molar-refractivity contribution in [3.63, 3.8) is 0 Å². The number of nitrogens with one attached hydrogen (secondary N) is 1. The van der Waals surface area contributed by atoms with Gasteiger partial charge in [0.05, 0.1) is 11.3 Å². The third-order valence-electron chi connectivity index (χ3n) is 4.80. The molecule has 21 heavy (non-hydrogen) atoms. The Bertz CT molecular complexity index is 461. The van der Waals surface area contributed by atoms with Crippen molar-refractivity contribution in [2.75, 3.05) is 19.8 Å². The first-order valence-corrected chi connectivity index (χ1v) is 8.17. The van der Waals surface area contributed by atoms with E-state index in [9.17, 15) is 0 Å². The molecule has 0 aromatic carbocycles. The standard InChI is InChI=1S/C16H27N3O2/c1-3-15-13(12-19(2)18-15)11-17-14-4-7-21-16(10-14)5-8-20-9-6-16/h12,14,17H,3-11H2,1-2H3. The largest absolute Gasteiger partial charge is 0.381 e. The second-order valence-corrected chi connectivity index (χ2v) is 6.34. The summed E-state index contributed by atoms with van der Waals surface area (Å²) in [5, 5.41) is 8.24. The van der Waals surface area contributed by atoms with Crippen LogP contribution >= 0.6 is 0 Å². The SMILES string of the molecule is CCc1nn(C)cc1CNC1CCOC2(CCOCC2)C1. The number of nitrogens with zero attached hydrogens (tertiary/aromatic N) is 2. The van der Waals surface area contributed by atoms with Crippen molar-refractivity contribution in [1.29, 1.82) is 0 Å². The van der Waals surface area contributed by atoms with Crippen molar-refractivity contribution in [2.24, 2.45) is 7.05 Å². The van der Waals surface area contributed by atoms with Gasteiger partial charge in [0.1, 0.15) is 0 Å². The summed E-state index contributed by atoms with van der Waals surface area (Å²) < 4.78 is 13.5. The smallest absolute Gasteiger partial charge is 0.0741 e. The Balaban J connectivity index is 1.57. The third kappa shape index (κ3) is 3.47. The van der Waals surface area contributed by atoms with Gasteiger partial charge in [0.2, 0.25) is 0 Å². The van der Waals surface area contributed by atoms with Gasteiger partial charge in [-0.05, 0) is 32.1 Å². The molecule has 0 radical (unpaired) electrons. The van der Waals surface area contributed by atoms with Crippen LogP contribution in [0.3, 0.4) is 0 Å². The van der Waals surface area contributed by atoms with Crippen LogP contribution in [0.5, 0.6) is 0 Å². The maximum absolute atomic E-state index is 6.10. The van der Waals surface area contributed by atoms with Crippen LogP contribution < -0.4 is 5.32 Å². The summed E-state index contributed by atoms with van der Waals surface area (Å²) >= 11 is 0. The molecule has 0 aliphatic carbocycles. The van der Waals surface area contributed by atoms with Gasteiger partial charge in [-0.3, -0.25) is 4.68 Å². The number of aromatic nitrogens is 2. The Kier molecular flexibility index (Phi) is 4.62. The van der Waals surface area contributed by atoms with Crippen LogP contribution in [-0.2, 0) is 29.5 Å². The minimum atomic E-state index is 0.0662. The second-order valence-electron chi connectivity index (χ2n) is 6.34. The first-order chi connectivity index (χ1) is 10.2. The van der Waals surface area contributed by atoms with E-state index in [0.29, 0.717) is 6.04 Å². The molecule has 0 bridgehead atoms. The molecule has 0 amide bonds. The minimum absolute atomic E-state index is 0.0662. The van der Waals surface area contributed by atoms with Crippen molar-refractivity contribution < 1.29 is 9.47 Å². The lowest BCUT2D eigenvalue weighted by Gasteiger charge is -2.43. The monoisotopic (exact) mass is 293 g/mol. The molecule has 118 valence electrons. The van der Waals surface area contributed by atoms with Crippen LogP contribution in [0.25, 0.3) is 0 Å². The van der Waals surface area contributed by atoms with E-state index in [4.69, 9.17) is 9.47 Å². The minimum Gasteiger partial charge on any atom is -0.381 e. The zero-order chi connectivity index (χ0) is 14.7. The van der Waals surface area contributed by atoms with Crippen molar-refractivity contribution >= 4 is 0 Å². The summed E-state index contributed by atoms with van der Waals surface area (Å²) in [4.78, 5) is 0. The lowest BCUT2D eigenvalue weighted by Crippen LogP contribution is -2.49. The van der Waals surface area contributed by atoms with Gasteiger partial charge in [0.15, 0.2) is 0 Å². The molecule has 2 aliphatic rings. The molecule has 1 aromatic heterocycles. The molecule has 2 aliphatic heterocycles. The fourth-order valence-electron chi connectivity index (χ4n) is 3.58. The van der Waals surface area contributed by atoms with E-state index in [1.165, 1.54) is 11.3 Å². The lowest BCUT2D eigenvalue weighted by molar-refractivity contribution is -0.140. The highest BCUT2D eigenvalue weighted by Crippen LogP contribution is 2.34. The van der Waals surface area contributed by atoms with Crippen LogP contribution in [0.2, 0.25) is 0 Å². The van der Waals surface area contributed by atoms with Crippen molar-refractivity contribution in [1.82, 2.24) is 15.1 Å². The van der Waals surface area contributed by atoms with Gasteiger partial charge in [-0.2, -0.15) is 5.10 Å². The molecule has 1 N–H and O–H groups in total. The Morgan fingerprint density at radius 1 is 1.38 bits per heavy atom. The third-order valence-corrected chi connectivity index (χ3v) is 4.80. The lowest BCUT2D eigenvalue weighted by atomic mass is 9.84. The van der Waals surface area contributed by atoms with E-state index in [2.05, 4.69) is 23.5 Å². The molecule has 1 spiro atoms. The average Bonchev–Trinajstić information content (AvgIpc) is 2.86. The van der Waals surface area contributed by atoms with Gasteiger partial charge in [-0.15, -0.1) is 0 Å². The zero-order valence-corrected chi connectivity index (χ0v) is 13.2. The predicted molar refractivity (Wildman–Crippen MR) is 81.2 cm³/mol. The summed E-state index contributed by atoms with van der Waals surface area (Å²) in [6.45, 7) is 5.63. The molecule has 5 nitrogen and oxygen atoms in total. The van der Waals surface area contributed by atoms with Crippen LogP contribution in [0, 0.1) is 0 Å². The van der Waals surface area contributed by atoms with E-state index in [1.807, 2.05) is 11.7 Å². The average molecular weight is 293 g/mol. The number of hydrogen-bond acceptors (Lipinski definition) is 4. The van der Waals surface area contributed by atoms with Crippen LogP contribution in [-0.4, -0.2) is 41.2 Å². The van der Waals surface area contributed by atoms with Crippen LogP contribution in [0.15, 0.2) is 6.20 Å². The van der Waals surface area contributed by atoms with Gasteiger partial charge in [-0.1, -0.05) is 6.92 Å². The molecule has 3 heterocycles. The van der Waals surface area contributed by atoms with Crippen LogP contribution in [0.1, 0.15) is 43.9 Å². The van der Waals surface area contributed by atoms with Crippen molar-refractivity contribution in [3.05, 3.63) is 17.5 Å². The highest BCUT2D eigenvalue weighted by molar-refractivity contribution is 5.16. The Morgan fingerprint density at radius 2 is 2.19 bits per heavy atom. The van der Waals surface area contributed by atoms with Crippen molar-refractivity contribution in [2.45, 2.75) is 57.2 Å². The molecule has 2 fully saturated rings. The summed E-state index contributed by atoms with van der Waals surface area (Å²) in [5.74, 6) is 0. The summed E-state index contributed by atoms with van der Waals surface area (Å²) in [7, 11) is 1.99. The number of ether oxygens (including phenoxy) is 2. The molecule has 2 saturated heterocycles. The topological polar surface area (TPSA) is 48.3 Å². The summed E-state index contributed by atoms with van der Waals surface area (Å²) in [6, 6.07) is 0.543. The maximum Gasteiger partial charge on any atom is 0.0741 e. The van der Waals surface area contributed by atoms with E-state index < -0.39 is 0 Å². The second kappa shape index (κ2) is 6.46. The quantitative estimate of drug-likeness (QED) is 0.919. The van der Waals surface area contributed by atoms with Gasteiger partial charge in [-0.25, -0.2) is 0 Å². The Labute approximate surface area is 127 Å². The number of hydrogen-bond donors (Lipinski definition) is 1. The highest BCUT2D eigenvalue weighted by atomic mass is 16.5. The van der Waals surface area contributed by atoms with Crippen molar-refractivity contribution in [3.8, 4) is 0 Å². The summed E-state index contributed by atoms with van der Waals surface area (Å²) in [5.41, 5.74) is 2.60. The molecular weight excluding hydrogens is 266 g/mol. The van der Waals surface area contributed by atoms with E-state index >= 15 is 0 Å². The molecular formula is C16H27N3O2. The molecule has 1 aromatic rings. The van der Waals surface area contributed by atoms with Gasteiger partial charge >= 0.3 is 0 Å². The first kappa shape index (κ1) is 15.0. The van der Waals surface area contributed by atoms with Gasteiger partial charge in [0, 0.05) is 51.2 Å². The van der Waals surface area contributed by atoms with E-state index in [-0.39, 0.29) is 5.60 Å².